The minimum Gasteiger partial charge on any atom is -0.333 e. The molecule has 0 spiro atoms. The largest absolute Gasteiger partial charge is 0.333 e. The normalized spacial score (nSPS) is 13.2. The van der Waals surface area contributed by atoms with Crippen molar-refractivity contribution in [2.75, 3.05) is 0 Å². The minimum absolute atomic E-state index is 0.138. The molecule has 1 aromatic rings. The van der Waals surface area contributed by atoms with Gasteiger partial charge in [0.15, 0.2) is 0 Å². The number of imidazole rings is 1. The van der Waals surface area contributed by atoms with E-state index in [-0.39, 0.29) is 6.04 Å². The molecule has 0 aliphatic rings. The Balaban J connectivity index is 2.76. The van der Waals surface area contributed by atoms with Gasteiger partial charge in [-0.1, -0.05) is 13.8 Å². The first-order valence-electron chi connectivity index (χ1n) is 4.55. The molecule has 0 aromatic carbocycles. The summed E-state index contributed by atoms with van der Waals surface area (Å²) < 4.78 is 2.13. The van der Waals surface area contributed by atoms with E-state index in [9.17, 15) is 0 Å². The summed E-state index contributed by atoms with van der Waals surface area (Å²) in [5.74, 6) is 0. The number of rotatable bonds is 4. The van der Waals surface area contributed by atoms with Crippen LogP contribution >= 0.6 is 0 Å². The van der Waals surface area contributed by atoms with Gasteiger partial charge in [0.2, 0.25) is 0 Å². The van der Waals surface area contributed by atoms with Gasteiger partial charge in [-0.05, 0) is 12.8 Å². The summed E-state index contributed by atoms with van der Waals surface area (Å²) in [6, 6.07) is 0.138. The van der Waals surface area contributed by atoms with Gasteiger partial charge in [-0.3, -0.25) is 0 Å². The van der Waals surface area contributed by atoms with Gasteiger partial charge < -0.3 is 10.3 Å². The van der Waals surface area contributed by atoms with Gasteiger partial charge in [-0.2, -0.15) is 0 Å². The summed E-state index contributed by atoms with van der Waals surface area (Å²) in [7, 11) is 0. The Kier molecular flexibility index (Phi) is 3.29. The Morgan fingerprint density at radius 2 is 2.33 bits per heavy atom. The monoisotopic (exact) mass is 167 g/mol. The van der Waals surface area contributed by atoms with Crippen molar-refractivity contribution >= 4 is 0 Å². The molecule has 0 saturated carbocycles. The molecule has 0 radical (unpaired) electrons. The van der Waals surface area contributed by atoms with Crippen molar-refractivity contribution in [1.82, 2.24) is 9.55 Å². The maximum atomic E-state index is 5.91. The van der Waals surface area contributed by atoms with Crippen LogP contribution in [0.1, 0.15) is 38.4 Å². The van der Waals surface area contributed by atoms with E-state index in [1.165, 1.54) is 0 Å². The number of aromatic nitrogens is 2. The van der Waals surface area contributed by atoms with E-state index in [1.54, 1.807) is 0 Å². The lowest BCUT2D eigenvalue weighted by Gasteiger charge is -2.11. The molecule has 1 rings (SSSR count). The van der Waals surface area contributed by atoms with Crippen LogP contribution in [-0.4, -0.2) is 9.55 Å². The van der Waals surface area contributed by atoms with Crippen molar-refractivity contribution in [2.45, 2.75) is 39.3 Å². The standard InChI is InChI=1S/C9H17N3/c1-3-5-12-7-11-6-9(12)8(10)4-2/h6-8H,3-5,10H2,1-2H3/t8-/m1/s1. The van der Waals surface area contributed by atoms with Gasteiger partial charge in [0, 0.05) is 18.8 Å². The highest BCUT2D eigenvalue weighted by molar-refractivity contribution is 5.03. The van der Waals surface area contributed by atoms with Gasteiger partial charge >= 0.3 is 0 Å². The first kappa shape index (κ1) is 9.26. The lowest BCUT2D eigenvalue weighted by atomic mass is 10.2. The average molecular weight is 167 g/mol. The van der Waals surface area contributed by atoms with Crippen LogP contribution < -0.4 is 5.73 Å². The second-order valence-electron chi connectivity index (χ2n) is 3.03. The van der Waals surface area contributed by atoms with Crippen molar-refractivity contribution in [2.24, 2.45) is 5.73 Å². The number of hydrogen-bond donors (Lipinski definition) is 1. The molecule has 1 aromatic heterocycles. The topological polar surface area (TPSA) is 43.8 Å². The summed E-state index contributed by atoms with van der Waals surface area (Å²) in [4.78, 5) is 4.09. The molecule has 1 atom stereocenters. The summed E-state index contributed by atoms with van der Waals surface area (Å²) in [5, 5.41) is 0. The van der Waals surface area contributed by atoms with Gasteiger partial charge in [0.1, 0.15) is 0 Å². The molecule has 0 aliphatic carbocycles. The van der Waals surface area contributed by atoms with Crippen molar-refractivity contribution in [3.63, 3.8) is 0 Å². The predicted molar refractivity (Wildman–Crippen MR) is 49.7 cm³/mol. The van der Waals surface area contributed by atoms with Gasteiger partial charge in [0.25, 0.3) is 0 Å². The zero-order chi connectivity index (χ0) is 8.97. The maximum Gasteiger partial charge on any atom is 0.0948 e. The molecule has 3 nitrogen and oxygen atoms in total. The molecule has 2 N–H and O–H groups in total. The zero-order valence-electron chi connectivity index (χ0n) is 7.83. The van der Waals surface area contributed by atoms with Crippen LogP contribution in [0.4, 0.5) is 0 Å². The number of nitrogens with two attached hydrogens (primary N) is 1. The molecule has 0 aliphatic heterocycles. The Hall–Kier alpha value is -0.830. The van der Waals surface area contributed by atoms with Gasteiger partial charge in [-0.25, -0.2) is 4.98 Å². The fourth-order valence-corrected chi connectivity index (χ4v) is 1.28. The van der Waals surface area contributed by atoms with Crippen LogP contribution in [0.25, 0.3) is 0 Å². The van der Waals surface area contributed by atoms with Crippen LogP contribution in [0.3, 0.4) is 0 Å². The Labute approximate surface area is 73.6 Å². The highest BCUT2D eigenvalue weighted by Crippen LogP contribution is 2.12. The summed E-state index contributed by atoms with van der Waals surface area (Å²) in [6.07, 6.45) is 5.81. The van der Waals surface area contributed by atoms with Gasteiger partial charge in [0.05, 0.1) is 12.0 Å². The number of aryl methyl sites for hydroxylation is 1. The molecule has 0 bridgehead atoms. The van der Waals surface area contributed by atoms with E-state index in [4.69, 9.17) is 5.73 Å². The smallest absolute Gasteiger partial charge is 0.0948 e. The SMILES string of the molecule is CCCn1cncc1[C@H](N)CC. The van der Waals surface area contributed by atoms with Crippen LogP contribution in [0.15, 0.2) is 12.5 Å². The molecule has 0 fully saturated rings. The quantitative estimate of drug-likeness (QED) is 0.741. The highest BCUT2D eigenvalue weighted by atomic mass is 15.1. The highest BCUT2D eigenvalue weighted by Gasteiger charge is 2.07. The van der Waals surface area contributed by atoms with Gasteiger partial charge in [-0.15, -0.1) is 0 Å². The Morgan fingerprint density at radius 3 is 2.92 bits per heavy atom. The molecule has 3 heteroatoms. The summed E-state index contributed by atoms with van der Waals surface area (Å²) in [6.45, 7) is 5.26. The number of hydrogen-bond acceptors (Lipinski definition) is 2. The number of nitrogens with zero attached hydrogens (tertiary/aromatic N) is 2. The third-order valence-corrected chi connectivity index (χ3v) is 2.03. The molecule has 68 valence electrons. The molecule has 0 unspecified atom stereocenters. The van der Waals surface area contributed by atoms with Crippen molar-refractivity contribution in [1.29, 1.82) is 0 Å². The van der Waals surface area contributed by atoms with Crippen LogP contribution in [-0.2, 0) is 6.54 Å². The Bertz CT molecular complexity index is 229. The molecular formula is C9H17N3. The fraction of sp³-hybridized carbons (Fsp3) is 0.667. The van der Waals surface area contributed by atoms with Crippen LogP contribution in [0.5, 0.6) is 0 Å². The molecular weight excluding hydrogens is 150 g/mol. The van der Waals surface area contributed by atoms with E-state index >= 15 is 0 Å². The van der Waals surface area contributed by atoms with E-state index in [1.807, 2.05) is 12.5 Å². The molecule has 1 heterocycles. The van der Waals surface area contributed by atoms with E-state index in [0.717, 1.165) is 25.1 Å². The van der Waals surface area contributed by atoms with Crippen molar-refractivity contribution in [3.05, 3.63) is 18.2 Å². The van der Waals surface area contributed by atoms with Crippen molar-refractivity contribution in [3.8, 4) is 0 Å². The Morgan fingerprint density at radius 1 is 1.58 bits per heavy atom. The fourth-order valence-electron chi connectivity index (χ4n) is 1.28. The third-order valence-electron chi connectivity index (χ3n) is 2.03. The van der Waals surface area contributed by atoms with Crippen LogP contribution in [0, 0.1) is 0 Å². The summed E-state index contributed by atoms with van der Waals surface area (Å²) >= 11 is 0. The molecule has 12 heavy (non-hydrogen) atoms. The van der Waals surface area contributed by atoms with E-state index in [2.05, 4.69) is 23.4 Å². The third kappa shape index (κ3) is 1.85. The molecule has 0 saturated heterocycles. The first-order chi connectivity index (χ1) is 5.79. The van der Waals surface area contributed by atoms with Crippen molar-refractivity contribution < 1.29 is 0 Å². The maximum absolute atomic E-state index is 5.91. The summed E-state index contributed by atoms with van der Waals surface area (Å²) in [5.41, 5.74) is 7.06. The predicted octanol–water partition coefficient (Wildman–Crippen LogP) is 1.70. The molecule has 0 amide bonds. The van der Waals surface area contributed by atoms with E-state index in [0.29, 0.717) is 0 Å². The lowest BCUT2D eigenvalue weighted by molar-refractivity contribution is 0.582. The average Bonchev–Trinajstić information content (AvgIpc) is 2.52. The second kappa shape index (κ2) is 4.26. The minimum atomic E-state index is 0.138. The van der Waals surface area contributed by atoms with Crippen LogP contribution in [0.2, 0.25) is 0 Å². The lowest BCUT2D eigenvalue weighted by Crippen LogP contribution is -2.14. The van der Waals surface area contributed by atoms with E-state index < -0.39 is 0 Å². The zero-order valence-corrected chi connectivity index (χ0v) is 7.83. The second-order valence-corrected chi connectivity index (χ2v) is 3.03. The first-order valence-corrected chi connectivity index (χ1v) is 4.55.